The molecule has 1 saturated heterocycles. The molecule has 7 nitrogen and oxygen atoms in total. The van der Waals surface area contributed by atoms with Gasteiger partial charge < -0.3 is 0 Å². The molecule has 8 heteroatoms. The molecule has 0 aromatic heterocycles. The Labute approximate surface area is 160 Å². The molecular formula is C19H27N3O4S. The average Bonchev–Trinajstić information content (AvgIpc) is 3.21. The van der Waals surface area contributed by atoms with Gasteiger partial charge in [0, 0.05) is 19.0 Å². The first-order chi connectivity index (χ1) is 12.9. The van der Waals surface area contributed by atoms with Gasteiger partial charge in [0.1, 0.15) is 0 Å². The number of nitrogens with zero attached hydrogens (tertiary/aromatic N) is 1. The maximum atomic E-state index is 12.8. The molecule has 3 rings (SSSR count). The molecule has 2 amide bonds. The maximum Gasteiger partial charge on any atom is 0.243 e. The molecule has 0 spiro atoms. The van der Waals surface area contributed by atoms with Crippen molar-refractivity contribution in [1.82, 2.24) is 15.2 Å². The lowest BCUT2D eigenvalue weighted by molar-refractivity contribution is -0.133. The van der Waals surface area contributed by atoms with Crippen molar-refractivity contribution in [3.8, 4) is 0 Å². The first kappa shape index (κ1) is 19.8. The largest absolute Gasteiger partial charge is 0.273 e. The summed E-state index contributed by atoms with van der Waals surface area (Å²) >= 11 is 0. The van der Waals surface area contributed by atoms with Crippen LogP contribution in [0.1, 0.15) is 44.1 Å². The summed E-state index contributed by atoms with van der Waals surface area (Å²) < 4.78 is 27.0. The highest BCUT2D eigenvalue weighted by atomic mass is 32.2. The zero-order chi connectivity index (χ0) is 19.4. The van der Waals surface area contributed by atoms with Gasteiger partial charge in [0.15, 0.2) is 0 Å². The van der Waals surface area contributed by atoms with E-state index in [1.54, 1.807) is 24.3 Å². The third kappa shape index (κ3) is 4.68. The monoisotopic (exact) mass is 393 g/mol. The van der Waals surface area contributed by atoms with Crippen molar-refractivity contribution in [3.63, 3.8) is 0 Å². The molecule has 2 aliphatic rings. The van der Waals surface area contributed by atoms with Crippen molar-refractivity contribution in [1.29, 1.82) is 0 Å². The molecule has 0 bridgehead atoms. The topological polar surface area (TPSA) is 95.6 Å². The van der Waals surface area contributed by atoms with E-state index in [1.807, 2.05) is 6.92 Å². The van der Waals surface area contributed by atoms with Crippen molar-refractivity contribution in [2.75, 3.05) is 13.1 Å². The molecule has 148 valence electrons. The molecule has 2 fully saturated rings. The van der Waals surface area contributed by atoms with Crippen molar-refractivity contribution >= 4 is 21.8 Å². The highest BCUT2D eigenvalue weighted by Gasteiger charge is 2.33. The van der Waals surface area contributed by atoms with Crippen molar-refractivity contribution in [2.24, 2.45) is 11.8 Å². The summed E-state index contributed by atoms with van der Waals surface area (Å²) in [6.45, 7) is 2.42. The van der Waals surface area contributed by atoms with Crippen LogP contribution in [0.5, 0.6) is 0 Å². The number of hydrazine groups is 1. The molecule has 1 atom stereocenters. The minimum atomic E-state index is -3.62. The number of piperidine rings is 1. The highest BCUT2D eigenvalue weighted by Crippen LogP contribution is 2.25. The van der Waals surface area contributed by atoms with Crippen LogP contribution in [0, 0.1) is 18.8 Å². The van der Waals surface area contributed by atoms with Crippen LogP contribution in [0.2, 0.25) is 0 Å². The molecule has 1 aromatic rings. The Morgan fingerprint density at radius 1 is 0.926 bits per heavy atom. The van der Waals surface area contributed by atoms with E-state index in [0.29, 0.717) is 19.4 Å². The van der Waals surface area contributed by atoms with Gasteiger partial charge in [0.05, 0.1) is 10.8 Å². The third-order valence-corrected chi connectivity index (χ3v) is 7.33. The van der Waals surface area contributed by atoms with Crippen molar-refractivity contribution in [3.05, 3.63) is 29.8 Å². The van der Waals surface area contributed by atoms with Crippen LogP contribution in [-0.2, 0) is 19.6 Å². The first-order valence-electron chi connectivity index (χ1n) is 9.54. The molecule has 0 unspecified atom stereocenters. The van der Waals surface area contributed by atoms with E-state index in [2.05, 4.69) is 10.9 Å². The number of sulfonamides is 1. The maximum absolute atomic E-state index is 12.8. The second kappa shape index (κ2) is 8.39. The summed E-state index contributed by atoms with van der Waals surface area (Å²) in [5, 5.41) is 0. The second-order valence-electron chi connectivity index (χ2n) is 7.48. The summed E-state index contributed by atoms with van der Waals surface area (Å²) in [5.41, 5.74) is 5.98. The van der Waals surface area contributed by atoms with Crippen LogP contribution in [0.3, 0.4) is 0 Å². The lowest BCUT2D eigenvalue weighted by Crippen LogP contribution is -2.50. The Hall–Kier alpha value is -1.93. The fourth-order valence-corrected chi connectivity index (χ4v) is 5.27. The molecule has 2 N–H and O–H groups in total. The van der Waals surface area contributed by atoms with E-state index in [-0.39, 0.29) is 29.2 Å². The normalized spacial score (nSPS) is 21.7. The fourth-order valence-electron chi connectivity index (χ4n) is 3.75. The summed E-state index contributed by atoms with van der Waals surface area (Å²) in [6.07, 6.45) is 5.01. The summed E-state index contributed by atoms with van der Waals surface area (Å²) in [5.74, 6) is -0.983. The number of carbonyl (C=O) groups is 2. The number of amides is 2. The summed E-state index contributed by atoms with van der Waals surface area (Å²) in [6, 6.07) is 6.71. The Morgan fingerprint density at radius 2 is 1.48 bits per heavy atom. The Kier molecular flexibility index (Phi) is 6.16. The van der Waals surface area contributed by atoms with Gasteiger partial charge in [-0.05, 0) is 44.7 Å². The number of benzene rings is 1. The van der Waals surface area contributed by atoms with Gasteiger partial charge in [-0.1, -0.05) is 30.5 Å². The summed E-state index contributed by atoms with van der Waals surface area (Å²) in [7, 11) is -3.62. The van der Waals surface area contributed by atoms with Gasteiger partial charge in [-0.2, -0.15) is 4.31 Å². The number of carbonyl (C=O) groups excluding carboxylic acids is 2. The van der Waals surface area contributed by atoms with Gasteiger partial charge in [-0.15, -0.1) is 0 Å². The van der Waals surface area contributed by atoms with E-state index < -0.39 is 15.9 Å². The number of nitrogens with one attached hydrogen (secondary N) is 2. The van der Waals surface area contributed by atoms with Crippen LogP contribution in [0.15, 0.2) is 29.2 Å². The number of hydrogen-bond acceptors (Lipinski definition) is 4. The molecule has 1 aliphatic carbocycles. The predicted octanol–water partition coefficient (Wildman–Crippen LogP) is 1.73. The zero-order valence-electron chi connectivity index (χ0n) is 15.6. The summed E-state index contributed by atoms with van der Waals surface area (Å²) in [4.78, 5) is 24.7. The minimum absolute atomic E-state index is 0.0323. The van der Waals surface area contributed by atoms with Crippen LogP contribution in [-0.4, -0.2) is 37.6 Å². The lowest BCUT2D eigenvalue weighted by atomic mass is 9.99. The molecular weight excluding hydrogens is 366 g/mol. The molecule has 27 heavy (non-hydrogen) atoms. The molecule has 1 heterocycles. The first-order valence-corrected chi connectivity index (χ1v) is 11.0. The number of hydrogen-bond donors (Lipinski definition) is 2. The third-order valence-electron chi connectivity index (χ3n) is 5.45. The highest BCUT2D eigenvalue weighted by molar-refractivity contribution is 7.89. The number of rotatable bonds is 4. The van der Waals surface area contributed by atoms with E-state index in [4.69, 9.17) is 0 Å². The van der Waals surface area contributed by atoms with Gasteiger partial charge in [0.2, 0.25) is 21.8 Å². The van der Waals surface area contributed by atoms with E-state index >= 15 is 0 Å². The minimum Gasteiger partial charge on any atom is -0.273 e. The van der Waals surface area contributed by atoms with E-state index in [9.17, 15) is 18.0 Å². The lowest BCUT2D eigenvalue weighted by Gasteiger charge is -2.31. The van der Waals surface area contributed by atoms with Crippen molar-refractivity contribution in [2.45, 2.75) is 50.3 Å². The quantitative estimate of drug-likeness (QED) is 0.762. The Morgan fingerprint density at radius 3 is 2.11 bits per heavy atom. The van der Waals surface area contributed by atoms with E-state index in [0.717, 1.165) is 31.2 Å². The fraction of sp³-hybridized carbons (Fsp3) is 0.579. The van der Waals surface area contributed by atoms with Crippen LogP contribution in [0.25, 0.3) is 0 Å². The standard InChI is InChI=1S/C19H27N3O4S/c1-14-8-10-17(11-9-14)27(25,26)22-12-4-7-16(13-22)19(24)21-20-18(23)15-5-2-3-6-15/h8-11,15-16H,2-7,12-13H2,1H3,(H,20,23)(H,21,24)/t16-/m1/s1. The molecule has 1 saturated carbocycles. The SMILES string of the molecule is Cc1ccc(S(=O)(=O)N2CCC[C@@H](C(=O)NNC(=O)C3CCCC3)C2)cc1. The molecule has 1 aromatic carbocycles. The van der Waals surface area contributed by atoms with E-state index in [1.165, 1.54) is 4.31 Å². The second-order valence-corrected chi connectivity index (χ2v) is 9.41. The molecule has 1 aliphatic heterocycles. The van der Waals surface area contributed by atoms with Crippen LogP contribution >= 0.6 is 0 Å². The van der Waals surface area contributed by atoms with Crippen LogP contribution < -0.4 is 10.9 Å². The zero-order valence-corrected chi connectivity index (χ0v) is 16.4. The predicted molar refractivity (Wildman–Crippen MR) is 101 cm³/mol. The Balaban J connectivity index is 1.58. The average molecular weight is 394 g/mol. The van der Waals surface area contributed by atoms with Gasteiger partial charge in [-0.3, -0.25) is 20.4 Å². The van der Waals surface area contributed by atoms with Gasteiger partial charge in [-0.25, -0.2) is 8.42 Å². The Bertz CT molecular complexity index is 786. The van der Waals surface area contributed by atoms with Gasteiger partial charge >= 0.3 is 0 Å². The molecule has 0 radical (unpaired) electrons. The number of aryl methyl sites for hydroxylation is 1. The van der Waals surface area contributed by atoms with Gasteiger partial charge in [0.25, 0.3) is 0 Å². The smallest absolute Gasteiger partial charge is 0.243 e. The van der Waals surface area contributed by atoms with Crippen molar-refractivity contribution < 1.29 is 18.0 Å². The van der Waals surface area contributed by atoms with Crippen LogP contribution in [0.4, 0.5) is 0 Å².